The van der Waals surface area contributed by atoms with E-state index in [1.54, 1.807) is 12.1 Å². The van der Waals surface area contributed by atoms with Crippen LogP contribution in [0.1, 0.15) is 61.4 Å². The van der Waals surface area contributed by atoms with Crippen molar-refractivity contribution in [3.8, 4) is 0 Å². The third-order valence-electron chi connectivity index (χ3n) is 4.06. The molecule has 1 amide bonds. The van der Waals surface area contributed by atoms with E-state index in [1.807, 2.05) is 0 Å². The average Bonchev–Trinajstić information content (AvgIpc) is 2.68. The first-order valence-electron chi connectivity index (χ1n) is 9.55. The van der Waals surface area contributed by atoms with Gasteiger partial charge in [-0.05, 0) is 36.6 Å². The second-order valence-corrected chi connectivity index (χ2v) is 6.47. The Kier molecular flexibility index (Phi) is 10.8. The SMILES string of the molecule is CCCCCCC(OC(=O)c1ccc(C=CC(=O)O)cc1)C(=O)NCCC(=O)O. The topological polar surface area (TPSA) is 130 Å². The minimum absolute atomic E-state index is 0.0399. The van der Waals surface area contributed by atoms with Gasteiger partial charge in [-0.1, -0.05) is 38.3 Å². The molecule has 0 saturated heterocycles. The minimum atomic E-state index is -1.08. The molecular formula is C21H27NO7. The van der Waals surface area contributed by atoms with E-state index in [-0.39, 0.29) is 18.5 Å². The maximum Gasteiger partial charge on any atom is 0.338 e. The maximum atomic E-state index is 12.4. The Morgan fingerprint density at radius 1 is 1.07 bits per heavy atom. The van der Waals surface area contributed by atoms with Crippen molar-refractivity contribution in [3.63, 3.8) is 0 Å². The van der Waals surface area contributed by atoms with Crippen LogP contribution in [0.15, 0.2) is 30.3 Å². The normalized spacial score (nSPS) is 11.8. The lowest BCUT2D eigenvalue weighted by molar-refractivity contribution is -0.137. The summed E-state index contributed by atoms with van der Waals surface area (Å²) in [6.07, 6.45) is 5.15. The Balaban J connectivity index is 2.73. The number of benzene rings is 1. The largest absolute Gasteiger partial charge is 0.481 e. The molecule has 3 N–H and O–H groups in total. The lowest BCUT2D eigenvalue weighted by Gasteiger charge is -2.17. The highest BCUT2D eigenvalue weighted by Gasteiger charge is 2.23. The van der Waals surface area contributed by atoms with Crippen LogP contribution >= 0.6 is 0 Å². The van der Waals surface area contributed by atoms with Crippen molar-refractivity contribution in [3.05, 3.63) is 41.5 Å². The lowest BCUT2D eigenvalue weighted by Crippen LogP contribution is -2.38. The number of hydrogen-bond donors (Lipinski definition) is 3. The van der Waals surface area contributed by atoms with E-state index < -0.39 is 29.9 Å². The summed E-state index contributed by atoms with van der Waals surface area (Å²) in [4.78, 5) is 45.8. The van der Waals surface area contributed by atoms with Crippen LogP contribution in [0.4, 0.5) is 0 Å². The summed E-state index contributed by atoms with van der Waals surface area (Å²) in [6.45, 7) is 2.02. The Morgan fingerprint density at radius 3 is 2.34 bits per heavy atom. The molecule has 0 heterocycles. The zero-order chi connectivity index (χ0) is 21.6. The highest BCUT2D eigenvalue weighted by molar-refractivity contribution is 5.92. The predicted molar refractivity (Wildman–Crippen MR) is 106 cm³/mol. The second kappa shape index (κ2) is 13.1. The number of hydrogen-bond acceptors (Lipinski definition) is 5. The standard InChI is InChI=1S/C21H27NO7/c1-2-3-4-5-6-17(20(27)22-14-13-19(25)26)29-21(28)16-10-7-15(8-11-16)9-12-18(23)24/h7-12,17H,2-6,13-14H2,1H3,(H,22,27)(H,23,24)(H,25,26). The molecule has 158 valence electrons. The van der Waals surface area contributed by atoms with Crippen molar-refractivity contribution in [1.29, 1.82) is 0 Å². The number of esters is 1. The van der Waals surface area contributed by atoms with Gasteiger partial charge in [0.15, 0.2) is 6.10 Å². The molecule has 8 heteroatoms. The van der Waals surface area contributed by atoms with Crippen molar-refractivity contribution in [1.82, 2.24) is 5.32 Å². The quantitative estimate of drug-likeness (QED) is 0.261. The molecule has 0 spiro atoms. The Bertz CT molecular complexity index is 725. The van der Waals surface area contributed by atoms with Crippen molar-refractivity contribution in [2.24, 2.45) is 0 Å². The molecule has 0 bridgehead atoms. The molecule has 0 saturated carbocycles. The summed E-state index contributed by atoms with van der Waals surface area (Å²) in [6, 6.07) is 6.11. The maximum absolute atomic E-state index is 12.4. The first kappa shape index (κ1) is 23.9. The predicted octanol–water partition coefficient (Wildman–Crippen LogP) is 2.87. The Hall–Kier alpha value is -3.16. The van der Waals surface area contributed by atoms with Crippen LogP contribution in [-0.2, 0) is 19.1 Å². The van der Waals surface area contributed by atoms with E-state index in [2.05, 4.69) is 12.2 Å². The summed E-state index contributed by atoms with van der Waals surface area (Å²) in [7, 11) is 0. The molecular weight excluding hydrogens is 378 g/mol. The molecule has 0 aromatic heterocycles. The Labute approximate surface area is 169 Å². The van der Waals surface area contributed by atoms with Crippen LogP contribution in [0, 0.1) is 0 Å². The number of amides is 1. The summed E-state index contributed by atoms with van der Waals surface area (Å²) in [5.74, 6) is -3.29. The smallest absolute Gasteiger partial charge is 0.338 e. The van der Waals surface area contributed by atoms with E-state index >= 15 is 0 Å². The zero-order valence-electron chi connectivity index (χ0n) is 16.4. The second-order valence-electron chi connectivity index (χ2n) is 6.47. The first-order chi connectivity index (χ1) is 13.8. The van der Waals surface area contributed by atoms with E-state index in [0.29, 0.717) is 18.4 Å². The number of aliphatic carboxylic acids is 2. The van der Waals surface area contributed by atoms with Gasteiger partial charge in [0, 0.05) is 12.6 Å². The molecule has 1 unspecified atom stereocenters. The van der Waals surface area contributed by atoms with Gasteiger partial charge in [-0.25, -0.2) is 9.59 Å². The number of carbonyl (C=O) groups excluding carboxylic acids is 2. The number of nitrogens with one attached hydrogen (secondary N) is 1. The summed E-state index contributed by atoms with van der Waals surface area (Å²) in [5.41, 5.74) is 0.834. The highest BCUT2D eigenvalue weighted by Crippen LogP contribution is 2.13. The van der Waals surface area contributed by atoms with Crippen LogP contribution in [0.3, 0.4) is 0 Å². The fourth-order valence-corrected chi connectivity index (χ4v) is 2.50. The van der Waals surface area contributed by atoms with Gasteiger partial charge in [0.25, 0.3) is 5.91 Å². The third kappa shape index (κ3) is 10.1. The minimum Gasteiger partial charge on any atom is -0.481 e. The fourth-order valence-electron chi connectivity index (χ4n) is 2.50. The molecule has 29 heavy (non-hydrogen) atoms. The number of carboxylic acid groups (broad SMARTS) is 2. The molecule has 0 aliphatic heterocycles. The molecule has 1 atom stereocenters. The number of rotatable bonds is 13. The van der Waals surface area contributed by atoms with Crippen LogP contribution < -0.4 is 5.32 Å². The van der Waals surface area contributed by atoms with Gasteiger partial charge < -0.3 is 20.3 Å². The number of ether oxygens (including phenoxy) is 1. The van der Waals surface area contributed by atoms with E-state index in [9.17, 15) is 19.2 Å². The van der Waals surface area contributed by atoms with Gasteiger partial charge in [-0.15, -0.1) is 0 Å². The summed E-state index contributed by atoms with van der Waals surface area (Å²) < 4.78 is 5.36. The van der Waals surface area contributed by atoms with Crippen molar-refractivity contribution in [2.45, 2.75) is 51.6 Å². The van der Waals surface area contributed by atoms with E-state index in [1.165, 1.54) is 18.2 Å². The van der Waals surface area contributed by atoms with E-state index in [4.69, 9.17) is 14.9 Å². The van der Waals surface area contributed by atoms with Crippen molar-refractivity contribution in [2.75, 3.05) is 6.54 Å². The molecule has 8 nitrogen and oxygen atoms in total. The average molecular weight is 405 g/mol. The monoisotopic (exact) mass is 405 g/mol. The summed E-state index contributed by atoms with van der Waals surface area (Å²) >= 11 is 0. The van der Waals surface area contributed by atoms with Crippen LogP contribution in [0.25, 0.3) is 6.08 Å². The Morgan fingerprint density at radius 2 is 1.76 bits per heavy atom. The van der Waals surface area contributed by atoms with Crippen molar-refractivity contribution >= 4 is 29.9 Å². The third-order valence-corrected chi connectivity index (χ3v) is 4.06. The first-order valence-corrected chi connectivity index (χ1v) is 9.55. The number of carboxylic acids is 2. The zero-order valence-corrected chi connectivity index (χ0v) is 16.4. The van der Waals surface area contributed by atoms with Gasteiger partial charge in [0.2, 0.25) is 0 Å². The molecule has 1 aromatic carbocycles. The molecule has 1 aromatic rings. The van der Waals surface area contributed by atoms with Crippen LogP contribution in [-0.4, -0.2) is 46.7 Å². The molecule has 0 aliphatic carbocycles. The van der Waals surface area contributed by atoms with Gasteiger partial charge in [0.1, 0.15) is 0 Å². The van der Waals surface area contributed by atoms with Crippen LogP contribution in [0.5, 0.6) is 0 Å². The van der Waals surface area contributed by atoms with Gasteiger partial charge in [0.05, 0.1) is 12.0 Å². The molecule has 0 aliphatic rings. The molecule has 0 fully saturated rings. The fraction of sp³-hybridized carbons (Fsp3) is 0.429. The molecule has 0 radical (unpaired) electrons. The number of carbonyl (C=O) groups is 4. The van der Waals surface area contributed by atoms with Crippen LogP contribution in [0.2, 0.25) is 0 Å². The molecule has 1 rings (SSSR count). The lowest BCUT2D eigenvalue weighted by atomic mass is 10.1. The van der Waals surface area contributed by atoms with Crippen molar-refractivity contribution < 1.29 is 34.1 Å². The van der Waals surface area contributed by atoms with Gasteiger partial charge >= 0.3 is 17.9 Å². The summed E-state index contributed by atoms with van der Waals surface area (Å²) in [5, 5.41) is 19.8. The number of unbranched alkanes of at least 4 members (excludes halogenated alkanes) is 3. The van der Waals surface area contributed by atoms with E-state index in [0.717, 1.165) is 25.3 Å². The highest BCUT2D eigenvalue weighted by atomic mass is 16.5. The van der Waals surface area contributed by atoms with Gasteiger partial charge in [-0.3, -0.25) is 9.59 Å². The van der Waals surface area contributed by atoms with Gasteiger partial charge in [-0.2, -0.15) is 0 Å².